The maximum atomic E-state index is 14.3. The summed E-state index contributed by atoms with van der Waals surface area (Å²) in [6.45, 7) is 5.56. The molecule has 1 aliphatic heterocycles. The molecule has 4 nitrogen and oxygen atoms in total. The highest BCUT2D eigenvalue weighted by molar-refractivity contribution is 5.55. The molecule has 0 bridgehead atoms. The van der Waals surface area contributed by atoms with Gasteiger partial charge in [-0.05, 0) is 32.5 Å². The second-order valence-electron chi connectivity index (χ2n) is 5.84. The monoisotopic (exact) mass is 282 g/mol. The minimum atomic E-state index is -0.412. The first-order valence-electron chi connectivity index (χ1n) is 6.92. The number of aliphatic hydroxyl groups excluding tert-OH is 1. The molecule has 1 fully saturated rings. The van der Waals surface area contributed by atoms with E-state index in [-0.39, 0.29) is 18.5 Å². The predicted molar refractivity (Wildman–Crippen MR) is 77.4 cm³/mol. The van der Waals surface area contributed by atoms with Gasteiger partial charge in [0.15, 0.2) is 0 Å². The van der Waals surface area contributed by atoms with Crippen LogP contribution >= 0.6 is 0 Å². The highest BCUT2D eigenvalue weighted by Gasteiger charge is 2.34. The van der Waals surface area contributed by atoms with Crippen LogP contribution in [0.4, 0.5) is 10.1 Å². The largest absolute Gasteiger partial charge is 0.394 e. The molecule has 1 aromatic rings. The van der Waals surface area contributed by atoms with Gasteiger partial charge in [0.05, 0.1) is 24.0 Å². The molecular weight excluding hydrogens is 259 g/mol. The van der Waals surface area contributed by atoms with Crippen molar-refractivity contribution in [3.63, 3.8) is 0 Å². The van der Waals surface area contributed by atoms with Crippen molar-refractivity contribution in [3.8, 4) is 0 Å². The molecule has 2 rings (SSSR count). The molecule has 1 aromatic carbocycles. The zero-order chi connectivity index (χ0) is 14.8. The van der Waals surface area contributed by atoms with Crippen LogP contribution in [0.1, 0.15) is 19.4 Å². The summed E-state index contributed by atoms with van der Waals surface area (Å²) >= 11 is 0. The lowest BCUT2D eigenvalue weighted by Crippen LogP contribution is -2.54. The molecule has 1 heterocycles. The summed E-state index contributed by atoms with van der Waals surface area (Å²) in [4.78, 5) is 1.98. The Morgan fingerprint density at radius 3 is 2.90 bits per heavy atom. The van der Waals surface area contributed by atoms with Crippen molar-refractivity contribution in [3.05, 3.63) is 29.6 Å². The standard InChI is InChI=1S/C15H23FN2O2/c1-15(2)10-18(8-12(9-19)20-15)14-11(7-17-3)5-4-6-13(14)16/h4-6,12,17,19H,7-10H2,1-3H3. The van der Waals surface area contributed by atoms with Crippen molar-refractivity contribution in [2.75, 3.05) is 31.6 Å². The lowest BCUT2D eigenvalue weighted by molar-refractivity contribution is -0.101. The molecule has 20 heavy (non-hydrogen) atoms. The van der Waals surface area contributed by atoms with Crippen LogP contribution in [0, 0.1) is 5.82 Å². The van der Waals surface area contributed by atoms with Crippen molar-refractivity contribution in [2.45, 2.75) is 32.1 Å². The van der Waals surface area contributed by atoms with Crippen molar-refractivity contribution >= 4 is 5.69 Å². The van der Waals surface area contributed by atoms with E-state index in [4.69, 9.17) is 4.74 Å². The maximum absolute atomic E-state index is 14.3. The average molecular weight is 282 g/mol. The third-order valence-electron chi connectivity index (χ3n) is 3.44. The Morgan fingerprint density at radius 1 is 1.50 bits per heavy atom. The fourth-order valence-corrected chi connectivity index (χ4v) is 2.81. The number of para-hydroxylation sites is 1. The van der Waals surface area contributed by atoms with Crippen LogP contribution in [-0.4, -0.2) is 43.6 Å². The van der Waals surface area contributed by atoms with Crippen LogP contribution in [0.2, 0.25) is 0 Å². The lowest BCUT2D eigenvalue weighted by Gasteiger charge is -2.44. The molecular formula is C15H23FN2O2. The molecule has 112 valence electrons. The molecule has 0 radical (unpaired) electrons. The number of morpholine rings is 1. The molecule has 2 N–H and O–H groups in total. The Kier molecular flexibility index (Phi) is 4.62. The normalized spacial score (nSPS) is 22.1. The summed E-state index contributed by atoms with van der Waals surface area (Å²) in [6.07, 6.45) is -0.291. The Morgan fingerprint density at radius 2 is 2.25 bits per heavy atom. The van der Waals surface area contributed by atoms with E-state index < -0.39 is 5.60 Å². The minimum absolute atomic E-state index is 0.0598. The Labute approximate surface area is 119 Å². The molecule has 0 spiro atoms. The number of halogens is 1. The summed E-state index contributed by atoms with van der Waals surface area (Å²) in [7, 11) is 1.84. The van der Waals surface area contributed by atoms with Gasteiger partial charge in [-0.25, -0.2) is 4.39 Å². The van der Waals surface area contributed by atoms with Gasteiger partial charge in [0, 0.05) is 19.6 Å². The number of anilines is 1. The number of nitrogens with one attached hydrogen (secondary N) is 1. The molecule has 0 amide bonds. The highest BCUT2D eigenvalue weighted by Crippen LogP contribution is 2.30. The third kappa shape index (κ3) is 3.29. The van der Waals surface area contributed by atoms with Gasteiger partial charge in [-0.3, -0.25) is 0 Å². The minimum Gasteiger partial charge on any atom is -0.394 e. The second kappa shape index (κ2) is 6.08. The SMILES string of the molecule is CNCc1cccc(F)c1N1CC(CO)OC(C)(C)C1. The van der Waals surface area contributed by atoms with Crippen molar-refractivity contribution < 1.29 is 14.2 Å². The summed E-state index contributed by atoms with van der Waals surface area (Å²) in [6, 6.07) is 5.12. The van der Waals surface area contributed by atoms with Crippen LogP contribution in [0.3, 0.4) is 0 Å². The molecule has 1 atom stereocenters. The zero-order valence-corrected chi connectivity index (χ0v) is 12.3. The van der Waals surface area contributed by atoms with Gasteiger partial charge >= 0.3 is 0 Å². The summed E-state index contributed by atoms with van der Waals surface area (Å²) in [5.41, 5.74) is 1.11. The number of aliphatic hydroxyl groups is 1. The molecule has 0 aliphatic carbocycles. The van der Waals surface area contributed by atoms with E-state index in [2.05, 4.69) is 5.32 Å². The van der Waals surface area contributed by atoms with E-state index in [1.807, 2.05) is 31.9 Å². The Balaban J connectivity index is 2.34. The van der Waals surface area contributed by atoms with Gasteiger partial charge in [-0.2, -0.15) is 0 Å². The molecule has 1 saturated heterocycles. The van der Waals surface area contributed by atoms with Gasteiger partial charge in [0.1, 0.15) is 5.82 Å². The number of ether oxygens (including phenoxy) is 1. The van der Waals surface area contributed by atoms with Crippen molar-refractivity contribution in [2.24, 2.45) is 0 Å². The van der Waals surface area contributed by atoms with E-state index in [1.165, 1.54) is 6.07 Å². The molecule has 0 aromatic heterocycles. The maximum Gasteiger partial charge on any atom is 0.146 e. The number of hydrogen-bond donors (Lipinski definition) is 2. The molecule has 0 saturated carbocycles. The summed E-state index contributed by atoms with van der Waals surface area (Å²) < 4.78 is 20.1. The number of benzene rings is 1. The topological polar surface area (TPSA) is 44.7 Å². The first-order valence-corrected chi connectivity index (χ1v) is 6.92. The van der Waals surface area contributed by atoms with Crippen LogP contribution in [0.25, 0.3) is 0 Å². The van der Waals surface area contributed by atoms with Gasteiger partial charge in [0.2, 0.25) is 0 Å². The Hall–Kier alpha value is -1.17. The van der Waals surface area contributed by atoms with Crippen LogP contribution in [0.5, 0.6) is 0 Å². The van der Waals surface area contributed by atoms with E-state index in [9.17, 15) is 9.50 Å². The first kappa shape index (κ1) is 15.2. The van der Waals surface area contributed by atoms with Gasteiger partial charge in [0.25, 0.3) is 0 Å². The quantitative estimate of drug-likeness (QED) is 0.879. The van der Waals surface area contributed by atoms with Crippen LogP contribution in [-0.2, 0) is 11.3 Å². The fourth-order valence-electron chi connectivity index (χ4n) is 2.81. The van der Waals surface area contributed by atoms with Gasteiger partial charge in [-0.15, -0.1) is 0 Å². The summed E-state index contributed by atoms with van der Waals surface area (Å²) in [5, 5.41) is 12.4. The molecule has 5 heteroatoms. The number of nitrogens with zero attached hydrogens (tertiary/aromatic N) is 1. The molecule has 1 aliphatic rings. The first-order chi connectivity index (χ1) is 9.46. The van der Waals surface area contributed by atoms with Crippen molar-refractivity contribution in [1.29, 1.82) is 0 Å². The Bertz CT molecular complexity index is 465. The van der Waals surface area contributed by atoms with E-state index in [0.29, 0.717) is 25.3 Å². The van der Waals surface area contributed by atoms with Gasteiger partial charge in [-0.1, -0.05) is 12.1 Å². The second-order valence-corrected chi connectivity index (χ2v) is 5.84. The van der Waals surface area contributed by atoms with E-state index in [1.54, 1.807) is 6.07 Å². The molecule has 1 unspecified atom stereocenters. The summed E-state index contributed by atoms with van der Waals surface area (Å²) in [5.74, 6) is -0.230. The zero-order valence-electron chi connectivity index (χ0n) is 12.3. The van der Waals surface area contributed by atoms with Gasteiger partial charge < -0.3 is 20.1 Å². The van der Waals surface area contributed by atoms with Crippen LogP contribution < -0.4 is 10.2 Å². The predicted octanol–water partition coefficient (Wildman–Crippen LogP) is 1.52. The van der Waals surface area contributed by atoms with Crippen molar-refractivity contribution in [1.82, 2.24) is 5.32 Å². The number of hydrogen-bond acceptors (Lipinski definition) is 4. The van der Waals surface area contributed by atoms with E-state index in [0.717, 1.165) is 5.56 Å². The van der Waals surface area contributed by atoms with Crippen LogP contribution in [0.15, 0.2) is 18.2 Å². The number of rotatable bonds is 4. The smallest absolute Gasteiger partial charge is 0.146 e. The van der Waals surface area contributed by atoms with E-state index >= 15 is 0 Å². The third-order valence-corrected chi connectivity index (χ3v) is 3.44. The average Bonchev–Trinajstić information content (AvgIpc) is 2.37. The highest BCUT2D eigenvalue weighted by atomic mass is 19.1. The lowest BCUT2D eigenvalue weighted by atomic mass is 10.0. The fraction of sp³-hybridized carbons (Fsp3) is 0.600.